The van der Waals surface area contributed by atoms with Crippen molar-refractivity contribution in [1.29, 1.82) is 0 Å². The minimum absolute atomic E-state index is 0.0711. The molecule has 0 atom stereocenters. The Bertz CT molecular complexity index is 974. The summed E-state index contributed by atoms with van der Waals surface area (Å²) in [6.45, 7) is 7.52. The minimum Gasteiger partial charge on any atom is -0.325 e. The molecule has 7 heteroatoms. The molecule has 0 unspecified atom stereocenters. The van der Waals surface area contributed by atoms with Gasteiger partial charge in [0.1, 0.15) is 5.03 Å². The van der Waals surface area contributed by atoms with Crippen molar-refractivity contribution >= 4 is 23.4 Å². The van der Waals surface area contributed by atoms with E-state index in [1.165, 1.54) is 17.3 Å². The van der Waals surface area contributed by atoms with Gasteiger partial charge in [-0.15, -0.1) is 0 Å². The first-order valence-corrected chi connectivity index (χ1v) is 11.5. The van der Waals surface area contributed by atoms with Gasteiger partial charge >= 0.3 is 5.69 Å². The van der Waals surface area contributed by atoms with E-state index in [-0.39, 0.29) is 17.3 Å². The molecule has 1 aromatic heterocycles. The lowest BCUT2D eigenvalue weighted by Gasteiger charge is -2.23. The van der Waals surface area contributed by atoms with Gasteiger partial charge in [-0.1, -0.05) is 29.5 Å². The number of thioether (sulfide) groups is 1. The number of fused-ring (bicyclic) bond motifs is 1. The molecule has 1 aliphatic carbocycles. The highest BCUT2D eigenvalue weighted by Crippen LogP contribution is 2.29. The molecule has 1 heterocycles. The van der Waals surface area contributed by atoms with Crippen molar-refractivity contribution < 1.29 is 4.79 Å². The summed E-state index contributed by atoms with van der Waals surface area (Å²) < 4.78 is 1.83. The third-order valence-corrected chi connectivity index (χ3v) is 6.52. The summed E-state index contributed by atoms with van der Waals surface area (Å²) >= 11 is 1.38. The van der Waals surface area contributed by atoms with Crippen LogP contribution in [0, 0.1) is 20.8 Å². The first-order valence-electron chi connectivity index (χ1n) is 10.5. The molecule has 2 aromatic rings. The van der Waals surface area contributed by atoms with Crippen molar-refractivity contribution in [2.24, 2.45) is 0 Å². The predicted molar refractivity (Wildman–Crippen MR) is 124 cm³/mol. The van der Waals surface area contributed by atoms with E-state index in [0.29, 0.717) is 6.54 Å². The maximum Gasteiger partial charge on any atom is 0.348 e. The molecule has 1 amide bonds. The number of aryl methyl sites for hydroxylation is 3. The number of carbonyl (C=O) groups excluding carboxylic acids is 1. The Morgan fingerprint density at radius 3 is 2.50 bits per heavy atom. The lowest BCUT2D eigenvalue weighted by molar-refractivity contribution is -0.113. The Labute approximate surface area is 183 Å². The molecule has 0 radical (unpaired) electrons. The quantitative estimate of drug-likeness (QED) is 0.541. The van der Waals surface area contributed by atoms with E-state index >= 15 is 0 Å². The number of rotatable bonds is 7. The van der Waals surface area contributed by atoms with Gasteiger partial charge in [-0.05, 0) is 71.7 Å². The van der Waals surface area contributed by atoms with E-state index in [1.807, 2.05) is 32.5 Å². The number of likely N-dealkylation sites (N-methyl/N-ethyl adjacent to an activating group) is 1. The first kappa shape index (κ1) is 22.6. The van der Waals surface area contributed by atoms with Crippen molar-refractivity contribution in [2.45, 2.75) is 58.0 Å². The molecule has 1 aromatic carbocycles. The summed E-state index contributed by atoms with van der Waals surface area (Å²) in [6, 6.07) is 4.14. The van der Waals surface area contributed by atoms with Gasteiger partial charge < -0.3 is 10.2 Å². The normalized spacial score (nSPS) is 13.4. The lowest BCUT2D eigenvalue weighted by Crippen LogP contribution is -2.33. The second-order valence-electron chi connectivity index (χ2n) is 8.40. The van der Waals surface area contributed by atoms with Crippen molar-refractivity contribution in [3.63, 3.8) is 0 Å². The number of carbonyl (C=O) groups is 1. The van der Waals surface area contributed by atoms with Crippen LogP contribution in [0.4, 0.5) is 5.69 Å². The molecule has 0 saturated carbocycles. The molecule has 1 N–H and O–H groups in total. The van der Waals surface area contributed by atoms with Crippen LogP contribution in [-0.4, -0.2) is 46.8 Å². The number of hydrogen-bond acceptors (Lipinski definition) is 5. The number of amides is 1. The standard InChI is InChI=1S/C23H32N4O2S/c1-15-12-16(2)21(17(3)13-15)24-20(28)14-30-22-18-8-6-7-9-19(18)27(23(29)25-22)11-10-26(4)5/h12-13H,6-11,14H2,1-5H3,(H,24,28). The first-order chi connectivity index (χ1) is 14.3. The maximum absolute atomic E-state index is 12.7. The molecular formula is C23H32N4O2S. The lowest BCUT2D eigenvalue weighted by atomic mass is 9.97. The van der Waals surface area contributed by atoms with Crippen molar-refractivity contribution in [3.8, 4) is 0 Å². The van der Waals surface area contributed by atoms with Crippen LogP contribution < -0.4 is 11.0 Å². The van der Waals surface area contributed by atoms with Gasteiger partial charge in [0.15, 0.2) is 0 Å². The highest BCUT2D eigenvalue weighted by Gasteiger charge is 2.21. The van der Waals surface area contributed by atoms with E-state index in [9.17, 15) is 9.59 Å². The van der Waals surface area contributed by atoms with Crippen LogP contribution in [0.3, 0.4) is 0 Å². The van der Waals surface area contributed by atoms with Gasteiger partial charge in [0, 0.05) is 30.0 Å². The minimum atomic E-state index is -0.203. The molecule has 30 heavy (non-hydrogen) atoms. The van der Waals surface area contributed by atoms with Crippen molar-refractivity contribution in [2.75, 3.05) is 31.7 Å². The predicted octanol–water partition coefficient (Wildman–Crippen LogP) is 3.34. The smallest absolute Gasteiger partial charge is 0.325 e. The van der Waals surface area contributed by atoms with Gasteiger partial charge in [-0.2, -0.15) is 4.98 Å². The van der Waals surface area contributed by atoms with Crippen LogP contribution in [0.2, 0.25) is 0 Å². The molecule has 3 rings (SSSR count). The topological polar surface area (TPSA) is 67.2 Å². The third kappa shape index (κ3) is 5.32. The summed E-state index contributed by atoms with van der Waals surface area (Å²) in [7, 11) is 4.01. The van der Waals surface area contributed by atoms with Crippen LogP contribution in [0.25, 0.3) is 0 Å². The molecule has 0 saturated heterocycles. The maximum atomic E-state index is 12.7. The molecule has 6 nitrogen and oxygen atoms in total. The fourth-order valence-corrected chi connectivity index (χ4v) is 4.96. The Morgan fingerprint density at radius 2 is 1.83 bits per heavy atom. The van der Waals surface area contributed by atoms with Crippen LogP contribution in [0.15, 0.2) is 22.0 Å². The summed E-state index contributed by atoms with van der Waals surface area (Å²) in [5.41, 5.74) is 6.24. The summed E-state index contributed by atoms with van der Waals surface area (Å²) in [5.74, 6) is 0.172. The molecule has 0 spiro atoms. The highest BCUT2D eigenvalue weighted by molar-refractivity contribution is 8.00. The van der Waals surface area contributed by atoms with Gasteiger partial charge in [0.25, 0.3) is 0 Å². The number of aromatic nitrogens is 2. The number of nitrogens with zero attached hydrogens (tertiary/aromatic N) is 3. The van der Waals surface area contributed by atoms with Gasteiger partial charge in [0.2, 0.25) is 5.91 Å². The average molecular weight is 429 g/mol. The van der Waals surface area contributed by atoms with Crippen LogP contribution in [0.1, 0.15) is 40.8 Å². The summed E-state index contributed by atoms with van der Waals surface area (Å²) in [4.78, 5) is 31.8. The van der Waals surface area contributed by atoms with E-state index in [4.69, 9.17) is 0 Å². The van der Waals surface area contributed by atoms with Crippen LogP contribution >= 0.6 is 11.8 Å². The zero-order valence-electron chi connectivity index (χ0n) is 18.7. The van der Waals surface area contributed by atoms with E-state index < -0.39 is 0 Å². The number of hydrogen-bond donors (Lipinski definition) is 1. The highest BCUT2D eigenvalue weighted by atomic mass is 32.2. The largest absolute Gasteiger partial charge is 0.348 e. The molecular weight excluding hydrogens is 396 g/mol. The second kappa shape index (κ2) is 9.79. The molecule has 0 aliphatic heterocycles. The van der Waals surface area contributed by atoms with Crippen molar-refractivity contribution in [1.82, 2.24) is 14.5 Å². The second-order valence-corrected chi connectivity index (χ2v) is 9.36. The van der Waals surface area contributed by atoms with Gasteiger partial charge in [-0.25, -0.2) is 4.79 Å². The molecule has 162 valence electrons. The SMILES string of the molecule is Cc1cc(C)c(NC(=O)CSc2nc(=O)n(CCN(C)C)c3c2CCCC3)c(C)c1. The molecule has 0 fully saturated rings. The number of benzene rings is 1. The Hall–Kier alpha value is -2.12. The fourth-order valence-electron chi connectivity index (χ4n) is 4.08. The van der Waals surface area contributed by atoms with E-state index in [0.717, 1.165) is 65.3 Å². The van der Waals surface area contributed by atoms with Crippen LogP contribution in [0.5, 0.6) is 0 Å². The zero-order chi connectivity index (χ0) is 21.8. The number of nitrogens with one attached hydrogen (secondary N) is 1. The van der Waals surface area contributed by atoms with Gasteiger partial charge in [0.05, 0.1) is 5.75 Å². The van der Waals surface area contributed by atoms with E-state index in [1.54, 1.807) is 0 Å². The summed E-state index contributed by atoms with van der Waals surface area (Å²) in [6.07, 6.45) is 4.02. The van der Waals surface area contributed by atoms with Gasteiger partial charge in [-0.3, -0.25) is 9.36 Å². The Morgan fingerprint density at radius 1 is 1.17 bits per heavy atom. The zero-order valence-corrected chi connectivity index (χ0v) is 19.5. The van der Waals surface area contributed by atoms with E-state index in [2.05, 4.69) is 34.3 Å². The molecule has 0 bridgehead atoms. The van der Waals surface area contributed by atoms with Crippen molar-refractivity contribution in [3.05, 3.63) is 50.6 Å². The average Bonchev–Trinajstić information content (AvgIpc) is 2.68. The Kier molecular flexibility index (Phi) is 7.36. The summed E-state index contributed by atoms with van der Waals surface area (Å²) in [5, 5.41) is 3.76. The van der Waals surface area contributed by atoms with Crippen LogP contribution in [-0.2, 0) is 24.2 Å². The number of anilines is 1. The fraction of sp³-hybridized carbons (Fsp3) is 0.522. The third-order valence-electron chi connectivity index (χ3n) is 5.50. The Balaban J connectivity index is 1.76. The molecule has 1 aliphatic rings. The monoisotopic (exact) mass is 428 g/mol.